The van der Waals surface area contributed by atoms with Crippen LogP contribution in [-0.2, 0) is 6.54 Å². The summed E-state index contributed by atoms with van der Waals surface area (Å²) in [7, 11) is 0. The lowest BCUT2D eigenvalue weighted by molar-refractivity contribution is 0.921. The molecule has 120 valence electrons. The van der Waals surface area contributed by atoms with Gasteiger partial charge in [0, 0.05) is 36.0 Å². The standard InChI is InChI=1S/C18H20ClN3S/c19-15-5-7-16(8-6-15)21-18(23)20-13-14-3-9-17(10-4-14)22-11-1-2-12-22/h3-10H,1-2,11-13H2,(H2,20,21,23). The molecule has 1 heterocycles. The molecule has 1 saturated heterocycles. The lowest BCUT2D eigenvalue weighted by Crippen LogP contribution is -2.27. The van der Waals surface area contributed by atoms with Crippen molar-refractivity contribution in [3.63, 3.8) is 0 Å². The van der Waals surface area contributed by atoms with E-state index >= 15 is 0 Å². The van der Waals surface area contributed by atoms with Crippen LogP contribution < -0.4 is 15.5 Å². The Bertz CT molecular complexity index is 649. The maximum Gasteiger partial charge on any atom is 0.171 e. The average Bonchev–Trinajstić information content (AvgIpc) is 3.10. The summed E-state index contributed by atoms with van der Waals surface area (Å²) in [5.74, 6) is 0. The predicted molar refractivity (Wildman–Crippen MR) is 102 cm³/mol. The molecule has 2 aromatic rings. The number of halogens is 1. The summed E-state index contributed by atoms with van der Waals surface area (Å²) in [6.45, 7) is 3.05. The molecule has 0 aromatic heterocycles. The third-order valence-electron chi connectivity index (χ3n) is 3.96. The zero-order valence-electron chi connectivity index (χ0n) is 12.9. The monoisotopic (exact) mass is 345 g/mol. The van der Waals surface area contributed by atoms with E-state index in [4.69, 9.17) is 23.8 Å². The first-order valence-corrected chi connectivity index (χ1v) is 8.64. The van der Waals surface area contributed by atoms with Crippen molar-refractivity contribution < 1.29 is 0 Å². The molecule has 3 rings (SSSR count). The Balaban J connectivity index is 1.49. The van der Waals surface area contributed by atoms with Crippen LogP contribution in [0.3, 0.4) is 0 Å². The van der Waals surface area contributed by atoms with Gasteiger partial charge in [-0.1, -0.05) is 23.7 Å². The quantitative estimate of drug-likeness (QED) is 0.802. The molecule has 2 N–H and O–H groups in total. The molecule has 23 heavy (non-hydrogen) atoms. The van der Waals surface area contributed by atoms with Gasteiger partial charge in [0.15, 0.2) is 5.11 Å². The maximum atomic E-state index is 5.87. The summed E-state index contributed by atoms with van der Waals surface area (Å²) in [6.07, 6.45) is 2.60. The molecule has 0 radical (unpaired) electrons. The molecule has 0 atom stereocenters. The van der Waals surface area contributed by atoms with Crippen LogP contribution in [0.15, 0.2) is 48.5 Å². The van der Waals surface area contributed by atoms with Crippen molar-refractivity contribution in [1.29, 1.82) is 0 Å². The van der Waals surface area contributed by atoms with E-state index in [1.54, 1.807) is 0 Å². The fraction of sp³-hybridized carbons (Fsp3) is 0.278. The van der Waals surface area contributed by atoms with Crippen LogP contribution in [0.4, 0.5) is 11.4 Å². The molecule has 2 aromatic carbocycles. The Morgan fingerprint density at radius 2 is 1.65 bits per heavy atom. The van der Waals surface area contributed by atoms with Crippen molar-refractivity contribution in [1.82, 2.24) is 5.32 Å². The van der Waals surface area contributed by atoms with E-state index in [1.165, 1.54) is 37.2 Å². The Morgan fingerprint density at radius 3 is 2.30 bits per heavy atom. The Morgan fingerprint density at radius 1 is 1.00 bits per heavy atom. The molecule has 0 spiro atoms. The average molecular weight is 346 g/mol. The van der Waals surface area contributed by atoms with Gasteiger partial charge in [-0.25, -0.2) is 0 Å². The van der Waals surface area contributed by atoms with E-state index in [2.05, 4.69) is 39.8 Å². The highest BCUT2D eigenvalue weighted by Gasteiger charge is 2.11. The number of rotatable bonds is 4. The summed E-state index contributed by atoms with van der Waals surface area (Å²) < 4.78 is 0. The zero-order chi connectivity index (χ0) is 16.1. The van der Waals surface area contributed by atoms with Crippen molar-refractivity contribution >= 4 is 40.3 Å². The normalized spacial score (nSPS) is 13.9. The van der Waals surface area contributed by atoms with Gasteiger partial charge >= 0.3 is 0 Å². The number of thiocarbonyl (C=S) groups is 1. The van der Waals surface area contributed by atoms with Gasteiger partial charge in [0.05, 0.1) is 0 Å². The highest BCUT2D eigenvalue weighted by Crippen LogP contribution is 2.20. The van der Waals surface area contributed by atoms with Gasteiger partial charge in [-0.3, -0.25) is 0 Å². The third kappa shape index (κ3) is 4.60. The van der Waals surface area contributed by atoms with E-state index < -0.39 is 0 Å². The first-order chi connectivity index (χ1) is 11.2. The minimum absolute atomic E-state index is 0.607. The fourth-order valence-corrected chi connectivity index (χ4v) is 3.01. The SMILES string of the molecule is S=C(NCc1ccc(N2CCCC2)cc1)Nc1ccc(Cl)cc1. The summed E-state index contributed by atoms with van der Waals surface area (Å²) in [4.78, 5) is 2.43. The Labute approximate surface area is 147 Å². The number of benzene rings is 2. The van der Waals surface area contributed by atoms with Crippen molar-refractivity contribution in [3.8, 4) is 0 Å². The van der Waals surface area contributed by atoms with Gasteiger partial charge in [-0.2, -0.15) is 0 Å². The lowest BCUT2D eigenvalue weighted by Gasteiger charge is -2.18. The van der Waals surface area contributed by atoms with Gasteiger partial charge in [0.25, 0.3) is 0 Å². The largest absolute Gasteiger partial charge is 0.372 e. The summed E-state index contributed by atoms with van der Waals surface area (Å²) in [5.41, 5.74) is 3.46. The fourth-order valence-electron chi connectivity index (χ4n) is 2.69. The Hall–Kier alpha value is -1.78. The molecule has 0 aliphatic carbocycles. The second-order valence-electron chi connectivity index (χ2n) is 5.68. The van der Waals surface area contributed by atoms with Crippen LogP contribution in [-0.4, -0.2) is 18.2 Å². The number of hydrogen-bond donors (Lipinski definition) is 2. The maximum absolute atomic E-state index is 5.87. The van der Waals surface area contributed by atoms with Crippen molar-refractivity contribution in [2.75, 3.05) is 23.3 Å². The molecule has 1 aliphatic rings. The predicted octanol–water partition coefficient (Wildman–Crippen LogP) is 4.43. The number of anilines is 2. The van der Waals surface area contributed by atoms with Gasteiger partial charge in [0.1, 0.15) is 0 Å². The van der Waals surface area contributed by atoms with Crippen LogP contribution in [0.1, 0.15) is 18.4 Å². The van der Waals surface area contributed by atoms with Crippen molar-refractivity contribution in [2.24, 2.45) is 0 Å². The van der Waals surface area contributed by atoms with Crippen LogP contribution in [0, 0.1) is 0 Å². The molecule has 0 saturated carbocycles. The molecule has 0 bridgehead atoms. The second kappa shape index (κ2) is 7.66. The first kappa shape index (κ1) is 16.1. The summed E-state index contributed by atoms with van der Waals surface area (Å²) in [6, 6.07) is 16.2. The Kier molecular flexibility index (Phi) is 5.36. The summed E-state index contributed by atoms with van der Waals surface area (Å²) in [5, 5.41) is 7.70. The topological polar surface area (TPSA) is 27.3 Å². The minimum Gasteiger partial charge on any atom is -0.372 e. The number of nitrogens with zero attached hydrogens (tertiary/aromatic N) is 1. The molecule has 5 heteroatoms. The molecule has 0 amide bonds. The molecule has 3 nitrogen and oxygen atoms in total. The van der Waals surface area contributed by atoms with Gasteiger partial charge in [-0.15, -0.1) is 0 Å². The van der Waals surface area contributed by atoms with Crippen LogP contribution in [0.2, 0.25) is 5.02 Å². The van der Waals surface area contributed by atoms with E-state index in [1.807, 2.05) is 24.3 Å². The van der Waals surface area contributed by atoms with Crippen molar-refractivity contribution in [2.45, 2.75) is 19.4 Å². The summed E-state index contributed by atoms with van der Waals surface area (Å²) >= 11 is 11.2. The highest BCUT2D eigenvalue weighted by atomic mass is 35.5. The second-order valence-corrected chi connectivity index (χ2v) is 6.52. The molecular formula is C18H20ClN3S. The minimum atomic E-state index is 0.607. The van der Waals surface area contributed by atoms with E-state index in [0.29, 0.717) is 16.7 Å². The van der Waals surface area contributed by atoms with E-state index in [-0.39, 0.29) is 0 Å². The highest BCUT2D eigenvalue weighted by molar-refractivity contribution is 7.80. The molecule has 1 fully saturated rings. The van der Waals surface area contributed by atoms with Crippen molar-refractivity contribution in [3.05, 3.63) is 59.1 Å². The van der Waals surface area contributed by atoms with E-state index in [0.717, 1.165) is 5.69 Å². The number of hydrogen-bond acceptors (Lipinski definition) is 2. The molecule has 1 aliphatic heterocycles. The van der Waals surface area contributed by atoms with Crippen LogP contribution >= 0.6 is 23.8 Å². The molecule has 0 unspecified atom stereocenters. The first-order valence-electron chi connectivity index (χ1n) is 7.85. The van der Waals surface area contributed by atoms with Gasteiger partial charge in [0.2, 0.25) is 0 Å². The smallest absolute Gasteiger partial charge is 0.171 e. The van der Waals surface area contributed by atoms with Gasteiger partial charge < -0.3 is 15.5 Å². The third-order valence-corrected chi connectivity index (χ3v) is 4.46. The van der Waals surface area contributed by atoms with Crippen LogP contribution in [0.25, 0.3) is 0 Å². The molecular weight excluding hydrogens is 326 g/mol. The van der Waals surface area contributed by atoms with Gasteiger partial charge in [-0.05, 0) is 67.0 Å². The lowest BCUT2D eigenvalue weighted by atomic mass is 10.2. The zero-order valence-corrected chi connectivity index (χ0v) is 14.5. The van der Waals surface area contributed by atoms with E-state index in [9.17, 15) is 0 Å². The van der Waals surface area contributed by atoms with Crippen LogP contribution in [0.5, 0.6) is 0 Å². The number of nitrogens with one attached hydrogen (secondary N) is 2.